The van der Waals surface area contributed by atoms with E-state index in [1.165, 1.54) is 0 Å². The summed E-state index contributed by atoms with van der Waals surface area (Å²) in [5.41, 5.74) is 1.01. The topological polar surface area (TPSA) is 79.2 Å². The van der Waals surface area contributed by atoms with Crippen molar-refractivity contribution in [2.45, 2.75) is 87.3 Å². The summed E-state index contributed by atoms with van der Waals surface area (Å²) in [5, 5.41) is 15.3. The third-order valence-corrected chi connectivity index (χ3v) is 22.6. The standard InChI is InChI=1S/C47H60O5SSi2/c1-45(2,54(49,40-20-11-7-12-21-40)41-22-13-8-14-23-41)32-19-33-47(53-6,44(48)37-52-36-38-28-30-39(51-5)31-29-38)35-34-46(3,4)55(50,42-24-15-9-16-25-42)43-26-17-10-18-27-43/h7-18,20-31,44,48-50H,19,32-37H2,1-6H3/t44-,47-/m0/s1. The molecule has 0 heterocycles. The summed E-state index contributed by atoms with van der Waals surface area (Å²) >= 11 is 1.71. The number of benzene rings is 5. The number of methoxy groups -OCH3 is 1. The number of aliphatic hydroxyl groups excluding tert-OH is 1. The molecule has 292 valence electrons. The van der Waals surface area contributed by atoms with Crippen molar-refractivity contribution in [3.05, 3.63) is 151 Å². The molecule has 0 aliphatic carbocycles. The molecule has 2 atom stereocenters. The fourth-order valence-corrected chi connectivity index (χ4v) is 16.8. The summed E-state index contributed by atoms with van der Waals surface area (Å²) in [7, 11) is -4.83. The molecule has 55 heavy (non-hydrogen) atoms. The van der Waals surface area contributed by atoms with Crippen molar-refractivity contribution in [1.29, 1.82) is 0 Å². The van der Waals surface area contributed by atoms with Crippen LogP contribution >= 0.6 is 11.8 Å². The predicted octanol–water partition coefficient (Wildman–Crippen LogP) is 7.69. The molecule has 0 aliphatic heterocycles. The van der Waals surface area contributed by atoms with Gasteiger partial charge in [-0.3, -0.25) is 0 Å². The first kappa shape index (κ1) is 42.7. The van der Waals surface area contributed by atoms with E-state index in [9.17, 15) is 14.7 Å². The van der Waals surface area contributed by atoms with Crippen LogP contribution in [0.3, 0.4) is 0 Å². The van der Waals surface area contributed by atoms with E-state index in [0.29, 0.717) is 19.4 Å². The van der Waals surface area contributed by atoms with Gasteiger partial charge in [0.1, 0.15) is 5.75 Å². The van der Waals surface area contributed by atoms with Crippen LogP contribution in [0.4, 0.5) is 0 Å². The quantitative estimate of drug-likeness (QED) is 0.0703. The molecular formula is C47H60O5SSi2. The lowest BCUT2D eigenvalue weighted by molar-refractivity contribution is 0.00310. The van der Waals surface area contributed by atoms with E-state index in [1.807, 2.05) is 97.1 Å². The second-order valence-electron chi connectivity index (χ2n) is 16.2. The molecule has 0 aliphatic rings. The average Bonchev–Trinajstić information content (AvgIpc) is 3.22. The van der Waals surface area contributed by atoms with E-state index in [-0.39, 0.29) is 6.61 Å². The maximum absolute atomic E-state index is 13.0. The molecule has 0 saturated heterocycles. The first-order valence-electron chi connectivity index (χ1n) is 19.4. The highest BCUT2D eigenvalue weighted by molar-refractivity contribution is 8.00. The summed E-state index contributed by atoms with van der Waals surface area (Å²) in [6.45, 7) is 9.39. The number of hydrogen-bond donors (Lipinski definition) is 3. The second-order valence-corrected chi connectivity index (χ2v) is 25.2. The second kappa shape index (κ2) is 18.6. The Morgan fingerprint density at radius 3 is 1.35 bits per heavy atom. The Labute approximate surface area is 336 Å². The maximum Gasteiger partial charge on any atom is 0.258 e. The van der Waals surface area contributed by atoms with E-state index < -0.39 is 37.6 Å². The minimum Gasteiger partial charge on any atom is -0.497 e. The lowest BCUT2D eigenvalue weighted by Gasteiger charge is -2.45. The highest BCUT2D eigenvalue weighted by atomic mass is 32.2. The molecule has 5 rings (SSSR count). The molecular weight excluding hydrogens is 733 g/mol. The summed E-state index contributed by atoms with van der Waals surface area (Å²) in [4.78, 5) is 25.9. The summed E-state index contributed by atoms with van der Waals surface area (Å²) in [6, 6.07) is 48.5. The van der Waals surface area contributed by atoms with Gasteiger partial charge in [-0.2, -0.15) is 11.8 Å². The molecule has 0 radical (unpaired) electrons. The lowest BCUT2D eigenvalue weighted by atomic mass is 9.86. The van der Waals surface area contributed by atoms with Gasteiger partial charge in [-0.15, -0.1) is 0 Å². The van der Waals surface area contributed by atoms with Gasteiger partial charge in [-0.05, 0) is 80.5 Å². The predicted molar refractivity (Wildman–Crippen MR) is 236 cm³/mol. The zero-order valence-electron chi connectivity index (χ0n) is 33.4. The van der Waals surface area contributed by atoms with Gasteiger partial charge in [-0.1, -0.05) is 168 Å². The van der Waals surface area contributed by atoms with Crippen molar-refractivity contribution in [3.63, 3.8) is 0 Å². The van der Waals surface area contributed by atoms with Crippen molar-refractivity contribution in [2.24, 2.45) is 0 Å². The molecule has 0 fully saturated rings. The normalized spacial score (nSPS) is 14.3. The first-order valence-corrected chi connectivity index (χ1v) is 24.6. The fourth-order valence-electron chi connectivity index (χ4n) is 8.29. The van der Waals surface area contributed by atoms with E-state index in [1.54, 1.807) is 18.9 Å². The molecule has 0 unspecified atom stereocenters. The minimum atomic E-state index is -3.27. The summed E-state index contributed by atoms with van der Waals surface area (Å²) in [6.07, 6.45) is 5.03. The maximum atomic E-state index is 13.0. The van der Waals surface area contributed by atoms with Crippen molar-refractivity contribution in [2.75, 3.05) is 20.0 Å². The number of aliphatic hydroxyl groups is 1. The lowest BCUT2D eigenvalue weighted by Crippen LogP contribution is -2.65. The molecule has 0 amide bonds. The van der Waals surface area contributed by atoms with Crippen molar-refractivity contribution in [1.82, 2.24) is 0 Å². The number of hydrogen-bond acceptors (Lipinski definition) is 6. The smallest absolute Gasteiger partial charge is 0.258 e. The zero-order valence-corrected chi connectivity index (χ0v) is 36.3. The third-order valence-electron chi connectivity index (χ3n) is 12.0. The van der Waals surface area contributed by atoms with Crippen LogP contribution < -0.4 is 25.5 Å². The van der Waals surface area contributed by atoms with E-state index in [0.717, 1.165) is 51.3 Å². The Morgan fingerprint density at radius 1 is 0.564 bits per heavy atom. The number of thioether (sulfide) groups is 1. The van der Waals surface area contributed by atoms with Crippen LogP contribution in [0, 0.1) is 0 Å². The number of ether oxygens (including phenoxy) is 2. The van der Waals surface area contributed by atoms with Gasteiger partial charge in [-0.25, -0.2) is 0 Å². The van der Waals surface area contributed by atoms with Gasteiger partial charge in [0.05, 0.1) is 26.4 Å². The monoisotopic (exact) mass is 792 g/mol. The van der Waals surface area contributed by atoms with Gasteiger partial charge in [0.25, 0.3) is 16.6 Å². The van der Waals surface area contributed by atoms with Crippen molar-refractivity contribution in [3.8, 4) is 5.75 Å². The van der Waals surface area contributed by atoms with Crippen LogP contribution in [-0.2, 0) is 11.3 Å². The molecule has 0 bridgehead atoms. The number of rotatable bonds is 20. The van der Waals surface area contributed by atoms with Crippen LogP contribution in [0.5, 0.6) is 5.75 Å². The van der Waals surface area contributed by atoms with Crippen LogP contribution in [0.1, 0.15) is 65.4 Å². The highest BCUT2D eigenvalue weighted by Gasteiger charge is 2.52. The van der Waals surface area contributed by atoms with Crippen molar-refractivity contribution < 1.29 is 24.2 Å². The SMILES string of the molecule is COc1ccc(COC[C@H](O)[C@](CCCC(C)(C)[Si](O)(c2ccccc2)c2ccccc2)(CCC(C)(C)[Si](O)(c2ccccc2)c2ccccc2)SC)cc1. The van der Waals surface area contributed by atoms with E-state index in [4.69, 9.17) is 9.47 Å². The van der Waals surface area contributed by atoms with Gasteiger partial charge < -0.3 is 24.2 Å². The van der Waals surface area contributed by atoms with Crippen LogP contribution in [0.2, 0.25) is 10.1 Å². The van der Waals surface area contributed by atoms with E-state index in [2.05, 4.69) is 82.5 Å². The molecule has 8 heteroatoms. The molecule has 5 aromatic carbocycles. The van der Waals surface area contributed by atoms with Gasteiger partial charge in [0.15, 0.2) is 0 Å². The molecule has 5 aromatic rings. The Morgan fingerprint density at radius 2 is 0.964 bits per heavy atom. The Bertz CT molecular complexity index is 1800. The molecule has 0 spiro atoms. The molecule has 0 aromatic heterocycles. The Hall–Kier alpha value is -3.48. The van der Waals surface area contributed by atoms with E-state index >= 15 is 0 Å². The first-order chi connectivity index (χ1) is 26.3. The van der Waals surface area contributed by atoms with Crippen LogP contribution in [0.25, 0.3) is 0 Å². The summed E-state index contributed by atoms with van der Waals surface area (Å²) in [5.74, 6) is 0.791. The summed E-state index contributed by atoms with van der Waals surface area (Å²) < 4.78 is 11.0. The third kappa shape index (κ3) is 9.40. The fraction of sp³-hybridized carbons (Fsp3) is 0.362. The molecule has 3 N–H and O–H groups in total. The van der Waals surface area contributed by atoms with Crippen LogP contribution in [0.15, 0.2) is 146 Å². The Balaban J connectivity index is 1.43. The average molecular weight is 793 g/mol. The zero-order chi connectivity index (χ0) is 39.6. The molecule has 0 saturated carbocycles. The highest BCUT2D eigenvalue weighted by Crippen LogP contribution is 2.48. The Kier molecular flexibility index (Phi) is 14.5. The minimum absolute atomic E-state index is 0.183. The van der Waals surface area contributed by atoms with Gasteiger partial charge >= 0.3 is 0 Å². The molecule has 5 nitrogen and oxygen atoms in total. The van der Waals surface area contributed by atoms with Crippen molar-refractivity contribution >= 4 is 49.1 Å². The van der Waals surface area contributed by atoms with Gasteiger partial charge in [0, 0.05) is 4.75 Å². The van der Waals surface area contributed by atoms with Gasteiger partial charge in [0.2, 0.25) is 0 Å². The van der Waals surface area contributed by atoms with Crippen LogP contribution in [-0.4, -0.2) is 62.2 Å². The largest absolute Gasteiger partial charge is 0.497 e.